The number of aromatic nitrogens is 2. The highest BCUT2D eigenvalue weighted by molar-refractivity contribution is 7.24. The zero-order valence-electron chi connectivity index (χ0n) is 7.78. The molecule has 0 aliphatic heterocycles. The van der Waals surface area contributed by atoms with Crippen molar-refractivity contribution in [2.45, 2.75) is 0 Å². The van der Waals surface area contributed by atoms with Gasteiger partial charge in [0, 0.05) is 4.70 Å². The first kappa shape index (κ1) is 10.1. The maximum absolute atomic E-state index is 13.0. The molecule has 2 heterocycles. The van der Waals surface area contributed by atoms with Gasteiger partial charge in [0.15, 0.2) is 5.01 Å². The molecule has 80 valence electrons. The van der Waals surface area contributed by atoms with E-state index in [1.54, 1.807) is 6.07 Å². The van der Waals surface area contributed by atoms with Crippen LogP contribution in [-0.4, -0.2) is 9.36 Å². The van der Waals surface area contributed by atoms with E-state index in [0.29, 0.717) is 0 Å². The van der Waals surface area contributed by atoms with Crippen LogP contribution in [-0.2, 0) is 0 Å². The summed E-state index contributed by atoms with van der Waals surface area (Å²) in [5.41, 5.74) is 0. The molecule has 0 saturated heterocycles. The normalized spacial score (nSPS) is 11.1. The standard InChI is InChI=1S/C10H4ClFN2S2/c11-10-13-9(16-14-10)8-3-5-1-2-6(12)4-7(5)15-8/h1-4H. The summed E-state index contributed by atoms with van der Waals surface area (Å²) in [6.07, 6.45) is 0. The molecule has 0 aliphatic rings. The molecule has 0 unspecified atom stereocenters. The number of nitrogens with zero attached hydrogens (tertiary/aromatic N) is 2. The third-order valence-corrected chi connectivity index (χ3v) is 4.35. The maximum atomic E-state index is 13.0. The van der Waals surface area contributed by atoms with Gasteiger partial charge in [0.25, 0.3) is 0 Å². The summed E-state index contributed by atoms with van der Waals surface area (Å²) < 4.78 is 17.8. The van der Waals surface area contributed by atoms with Crippen molar-refractivity contribution in [1.82, 2.24) is 9.36 Å². The summed E-state index contributed by atoms with van der Waals surface area (Å²) in [4.78, 5) is 5.05. The van der Waals surface area contributed by atoms with E-state index in [0.717, 1.165) is 20.0 Å². The van der Waals surface area contributed by atoms with Crippen LogP contribution in [0.15, 0.2) is 24.3 Å². The second-order valence-corrected chi connectivity index (χ2v) is 5.34. The molecule has 0 radical (unpaired) electrons. The Balaban J connectivity index is 2.18. The van der Waals surface area contributed by atoms with Gasteiger partial charge in [0.2, 0.25) is 5.28 Å². The number of rotatable bonds is 1. The SMILES string of the molecule is Fc1ccc2cc(-c3nc(Cl)ns3)sc2c1. The number of benzene rings is 1. The molecule has 0 spiro atoms. The van der Waals surface area contributed by atoms with Gasteiger partial charge in [-0.05, 0) is 46.7 Å². The van der Waals surface area contributed by atoms with Crippen molar-refractivity contribution in [1.29, 1.82) is 0 Å². The lowest BCUT2D eigenvalue weighted by atomic mass is 10.2. The van der Waals surface area contributed by atoms with Crippen molar-refractivity contribution >= 4 is 44.6 Å². The second kappa shape index (κ2) is 3.76. The minimum absolute atomic E-state index is 0.226. The smallest absolute Gasteiger partial charge is 0.207 e. The molecule has 0 N–H and O–H groups in total. The van der Waals surface area contributed by atoms with E-state index in [1.165, 1.54) is 35.0 Å². The molecule has 2 aromatic heterocycles. The molecular formula is C10H4ClFN2S2. The van der Waals surface area contributed by atoms with Gasteiger partial charge < -0.3 is 0 Å². The van der Waals surface area contributed by atoms with Gasteiger partial charge in [0.1, 0.15) is 5.82 Å². The Morgan fingerprint density at radius 1 is 1.25 bits per heavy atom. The number of fused-ring (bicyclic) bond motifs is 1. The lowest BCUT2D eigenvalue weighted by Crippen LogP contribution is -1.68. The molecule has 3 aromatic rings. The lowest BCUT2D eigenvalue weighted by Gasteiger charge is -1.86. The zero-order valence-corrected chi connectivity index (χ0v) is 10.2. The molecule has 2 nitrogen and oxygen atoms in total. The molecular weight excluding hydrogens is 267 g/mol. The van der Waals surface area contributed by atoms with Crippen molar-refractivity contribution in [2.24, 2.45) is 0 Å². The summed E-state index contributed by atoms with van der Waals surface area (Å²) in [6.45, 7) is 0. The van der Waals surface area contributed by atoms with Crippen LogP contribution in [0.2, 0.25) is 5.28 Å². The first-order chi connectivity index (χ1) is 7.72. The predicted molar refractivity (Wildman–Crippen MR) is 65.7 cm³/mol. The number of halogens is 2. The number of thiophene rings is 1. The monoisotopic (exact) mass is 270 g/mol. The van der Waals surface area contributed by atoms with Crippen LogP contribution < -0.4 is 0 Å². The van der Waals surface area contributed by atoms with Crippen molar-refractivity contribution in [3.8, 4) is 9.88 Å². The lowest BCUT2D eigenvalue weighted by molar-refractivity contribution is 0.630. The highest BCUT2D eigenvalue weighted by Gasteiger charge is 2.09. The van der Waals surface area contributed by atoms with Crippen LogP contribution in [0.4, 0.5) is 4.39 Å². The van der Waals surface area contributed by atoms with Crippen LogP contribution in [0.5, 0.6) is 0 Å². The first-order valence-electron chi connectivity index (χ1n) is 4.41. The van der Waals surface area contributed by atoms with E-state index < -0.39 is 0 Å². The molecule has 6 heteroatoms. The van der Waals surface area contributed by atoms with Gasteiger partial charge in [-0.1, -0.05) is 6.07 Å². The molecule has 0 aliphatic carbocycles. The van der Waals surface area contributed by atoms with E-state index in [4.69, 9.17) is 11.6 Å². The fourth-order valence-electron chi connectivity index (χ4n) is 1.42. The average Bonchev–Trinajstić information content (AvgIpc) is 2.83. The van der Waals surface area contributed by atoms with Crippen LogP contribution in [0.3, 0.4) is 0 Å². The van der Waals surface area contributed by atoms with E-state index in [9.17, 15) is 4.39 Å². The molecule has 0 atom stereocenters. The average molecular weight is 271 g/mol. The van der Waals surface area contributed by atoms with Crippen LogP contribution in [0.25, 0.3) is 20.0 Å². The van der Waals surface area contributed by atoms with Crippen molar-refractivity contribution in [3.63, 3.8) is 0 Å². The molecule has 1 aromatic carbocycles. The van der Waals surface area contributed by atoms with E-state index in [-0.39, 0.29) is 11.1 Å². The summed E-state index contributed by atoms with van der Waals surface area (Å²) in [6, 6.07) is 6.70. The van der Waals surface area contributed by atoms with E-state index >= 15 is 0 Å². The minimum atomic E-state index is -0.226. The Morgan fingerprint density at radius 3 is 2.88 bits per heavy atom. The van der Waals surface area contributed by atoms with Crippen LogP contribution in [0, 0.1) is 5.82 Å². The highest BCUT2D eigenvalue weighted by Crippen LogP contribution is 2.34. The topological polar surface area (TPSA) is 25.8 Å². The van der Waals surface area contributed by atoms with Gasteiger partial charge >= 0.3 is 0 Å². The predicted octanol–water partition coefficient (Wildman–Crippen LogP) is 4.21. The molecule has 16 heavy (non-hydrogen) atoms. The number of hydrogen-bond donors (Lipinski definition) is 0. The quantitative estimate of drug-likeness (QED) is 0.662. The molecule has 3 rings (SSSR count). The van der Waals surface area contributed by atoms with Crippen molar-refractivity contribution in [3.05, 3.63) is 35.4 Å². The zero-order chi connectivity index (χ0) is 11.1. The Bertz CT molecular complexity index is 662. The Hall–Kier alpha value is -1.04. The second-order valence-electron chi connectivity index (χ2n) is 3.16. The van der Waals surface area contributed by atoms with Gasteiger partial charge in [-0.2, -0.15) is 4.37 Å². The fraction of sp³-hybridized carbons (Fsp3) is 0. The summed E-state index contributed by atoms with van der Waals surface area (Å²) in [7, 11) is 0. The van der Waals surface area contributed by atoms with Gasteiger partial charge in [-0.25, -0.2) is 9.37 Å². The Labute approximate surface area is 104 Å². The maximum Gasteiger partial charge on any atom is 0.234 e. The van der Waals surface area contributed by atoms with E-state index in [1.807, 2.05) is 6.07 Å². The van der Waals surface area contributed by atoms with Gasteiger partial charge in [0.05, 0.1) is 4.88 Å². The summed E-state index contributed by atoms with van der Waals surface area (Å²) >= 11 is 8.40. The molecule has 0 saturated carbocycles. The molecule has 0 bridgehead atoms. The van der Waals surface area contributed by atoms with Crippen LogP contribution in [0.1, 0.15) is 0 Å². The Kier molecular flexibility index (Phi) is 2.38. The van der Waals surface area contributed by atoms with Crippen molar-refractivity contribution in [2.75, 3.05) is 0 Å². The van der Waals surface area contributed by atoms with Gasteiger partial charge in [-0.15, -0.1) is 11.3 Å². The fourth-order valence-corrected chi connectivity index (χ4v) is 3.34. The Morgan fingerprint density at radius 2 is 2.12 bits per heavy atom. The summed E-state index contributed by atoms with van der Waals surface area (Å²) in [5, 5.41) is 2.03. The minimum Gasteiger partial charge on any atom is -0.207 e. The first-order valence-corrected chi connectivity index (χ1v) is 6.38. The number of hydrogen-bond acceptors (Lipinski definition) is 4. The largest absolute Gasteiger partial charge is 0.234 e. The molecule has 0 amide bonds. The highest BCUT2D eigenvalue weighted by atomic mass is 35.5. The molecule has 0 fully saturated rings. The van der Waals surface area contributed by atoms with Crippen LogP contribution >= 0.6 is 34.5 Å². The van der Waals surface area contributed by atoms with Gasteiger partial charge in [-0.3, -0.25) is 0 Å². The summed E-state index contributed by atoms with van der Waals surface area (Å²) in [5.74, 6) is -0.226. The third kappa shape index (κ3) is 1.71. The van der Waals surface area contributed by atoms with Crippen molar-refractivity contribution < 1.29 is 4.39 Å². The van der Waals surface area contributed by atoms with E-state index in [2.05, 4.69) is 9.36 Å². The third-order valence-electron chi connectivity index (χ3n) is 2.09.